The van der Waals surface area contributed by atoms with Crippen molar-refractivity contribution in [2.24, 2.45) is 5.92 Å². The third kappa shape index (κ3) is 3.94. The Hall–Kier alpha value is -1.15. The van der Waals surface area contributed by atoms with Gasteiger partial charge in [0.05, 0.1) is 0 Å². The minimum absolute atomic E-state index is 0.0903. The third-order valence-electron chi connectivity index (χ3n) is 3.78. The molecule has 0 aliphatic heterocycles. The zero-order valence-electron chi connectivity index (χ0n) is 11.6. The van der Waals surface area contributed by atoms with E-state index in [2.05, 4.69) is 0 Å². The summed E-state index contributed by atoms with van der Waals surface area (Å²) in [6.45, 7) is 1.61. The van der Waals surface area contributed by atoms with Crippen LogP contribution in [0.25, 0.3) is 0 Å². The maximum atomic E-state index is 12.6. The van der Waals surface area contributed by atoms with Crippen molar-refractivity contribution in [3.05, 3.63) is 0 Å². The van der Waals surface area contributed by atoms with Gasteiger partial charge in [-0.25, -0.2) is 4.79 Å². The average molecular weight is 321 g/mol. The zero-order valence-corrected chi connectivity index (χ0v) is 11.6. The van der Waals surface area contributed by atoms with Gasteiger partial charge in [0.15, 0.2) is 0 Å². The van der Waals surface area contributed by atoms with E-state index in [9.17, 15) is 31.1 Å². The number of alkyl halides is 6. The molecule has 2 atom stereocenters. The maximum absolute atomic E-state index is 12.6. The van der Waals surface area contributed by atoms with E-state index in [1.807, 2.05) is 0 Å². The summed E-state index contributed by atoms with van der Waals surface area (Å²) in [5.41, 5.74) is -4.34. The predicted octanol–water partition coefficient (Wildman–Crippen LogP) is 4.17. The SMILES string of the molecule is CC1CCCCC1OC(=O)NC(C)(C(F)(F)F)C(F)(F)F. The highest BCUT2D eigenvalue weighted by molar-refractivity contribution is 5.69. The lowest BCUT2D eigenvalue weighted by atomic mass is 9.88. The molecule has 0 aromatic heterocycles. The van der Waals surface area contributed by atoms with Crippen molar-refractivity contribution in [1.82, 2.24) is 5.32 Å². The normalized spacial score (nSPS) is 24.6. The smallest absolute Gasteiger partial charge is 0.420 e. The number of alkyl carbamates (subject to hydrolysis) is 1. The molecule has 124 valence electrons. The summed E-state index contributed by atoms with van der Waals surface area (Å²) < 4.78 is 80.5. The van der Waals surface area contributed by atoms with Gasteiger partial charge in [0.2, 0.25) is 5.54 Å². The fraction of sp³-hybridized carbons (Fsp3) is 0.917. The van der Waals surface area contributed by atoms with Gasteiger partial charge < -0.3 is 4.74 Å². The monoisotopic (exact) mass is 321 g/mol. The predicted molar refractivity (Wildman–Crippen MR) is 61.6 cm³/mol. The van der Waals surface area contributed by atoms with E-state index in [0.29, 0.717) is 12.8 Å². The number of ether oxygens (including phenoxy) is 1. The largest absolute Gasteiger partial charge is 0.446 e. The first-order valence-electron chi connectivity index (χ1n) is 6.51. The average Bonchev–Trinajstić information content (AvgIpc) is 2.29. The summed E-state index contributed by atoms with van der Waals surface area (Å²) >= 11 is 0. The van der Waals surface area contributed by atoms with E-state index >= 15 is 0 Å². The molecule has 2 unspecified atom stereocenters. The van der Waals surface area contributed by atoms with Crippen LogP contribution in [0.1, 0.15) is 39.5 Å². The van der Waals surface area contributed by atoms with Crippen molar-refractivity contribution < 1.29 is 35.9 Å². The van der Waals surface area contributed by atoms with Crippen LogP contribution in [0.3, 0.4) is 0 Å². The molecular weight excluding hydrogens is 304 g/mol. The van der Waals surface area contributed by atoms with Crippen LogP contribution in [-0.4, -0.2) is 30.1 Å². The number of hydrogen-bond donors (Lipinski definition) is 1. The lowest BCUT2D eigenvalue weighted by Crippen LogP contribution is -2.65. The van der Waals surface area contributed by atoms with Crippen molar-refractivity contribution in [3.8, 4) is 0 Å². The molecule has 3 nitrogen and oxygen atoms in total. The minimum atomic E-state index is -5.68. The number of halogens is 6. The van der Waals surface area contributed by atoms with Crippen molar-refractivity contribution in [3.63, 3.8) is 0 Å². The number of carbonyl (C=O) groups is 1. The molecule has 9 heteroatoms. The van der Waals surface area contributed by atoms with Crippen molar-refractivity contribution in [2.75, 3.05) is 0 Å². The van der Waals surface area contributed by atoms with E-state index in [0.717, 1.165) is 18.2 Å². The maximum Gasteiger partial charge on any atom is 0.420 e. The van der Waals surface area contributed by atoms with E-state index < -0.39 is 30.1 Å². The van der Waals surface area contributed by atoms with E-state index in [-0.39, 0.29) is 12.8 Å². The molecule has 1 saturated carbocycles. The Kier molecular flexibility index (Phi) is 5.05. The number of amides is 1. The quantitative estimate of drug-likeness (QED) is 0.775. The number of hydrogen-bond acceptors (Lipinski definition) is 2. The van der Waals surface area contributed by atoms with Crippen molar-refractivity contribution in [1.29, 1.82) is 0 Å². The van der Waals surface area contributed by atoms with Crippen LogP contribution in [0, 0.1) is 5.92 Å². The van der Waals surface area contributed by atoms with E-state index in [4.69, 9.17) is 4.74 Å². The highest BCUT2D eigenvalue weighted by atomic mass is 19.4. The summed E-state index contributed by atoms with van der Waals surface area (Å²) in [6.07, 6.45) is -11.0. The Labute approximate surface area is 118 Å². The number of rotatable bonds is 2. The van der Waals surface area contributed by atoms with Gasteiger partial charge >= 0.3 is 18.4 Å². The molecule has 0 spiro atoms. The van der Waals surface area contributed by atoms with Crippen LogP contribution in [-0.2, 0) is 4.74 Å². The standard InChI is InChI=1S/C12H17F6NO2/c1-7-5-3-4-6-8(7)21-9(20)19-10(2,11(13,14)15)12(16,17)18/h7-8H,3-6H2,1-2H3,(H,19,20). The first-order valence-corrected chi connectivity index (χ1v) is 6.51. The van der Waals surface area contributed by atoms with Crippen LogP contribution in [0.2, 0.25) is 0 Å². The van der Waals surface area contributed by atoms with Crippen LogP contribution in [0.4, 0.5) is 31.1 Å². The Balaban J connectivity index is 2.78. The van der Waals surface area contributed by atoms with E-state index in [1.54, 1.807) is 6.92 Å². The Morgan fingerprint density at radius 2 is 1.52 bits per heavy atom. The van der Waals surface area contributed by atoms with Gasteiger partial charge in [-0.15, -0.1) is 0 Å². The van der Waals surface area contributed by atoms with Gasteiger partial charge in [0, 0.05) is 0 Å². The lowest BCUT2D eigenvalue weighted by molar-refractivity contribution is -0.299. The molecule has 0 radical (unpaired) electrons. The molecule has 1 fully saturated rings. The summed E-state index contributed by atoms with van der Waals surface area (Å²) in [5, 5.41) is 0.930. The fourth-order valence-corrected chi connectivity index (χ4v) is 2.13. The number of nitrogens with one attached hydrogen (secondary N) is 1. The molecule has 1 rings (SSSR count). The minimum Gasteiger partial charge on any atom is -0.446 e. The molecule has 21 heavy (non-hydrogen) atoms. The van der Waals surface area contributed by atoms with Gasteiger partial charge in [-0.3, -0.25) is 5.32 Å². The second-order valence-corrected chi connectivity index (χ2v) is 5.45. The highest BCUT2D eigenvalue weighted by Crippen LogP contribution is 2.42. The highest BCUT2D eigenvalue weighted by Gasteiger charge is 2.69. The summed E-state index contributed by atoms with van der Waals surface area (Å²) in [5.74, 6) is -0.0903. The summed E-state index contributed by atoms with van der Waals surface area (Å²) in [7, 11) is 0. The van der Waals surface area contributed by atoms with Gasteiger partial charge in [-0.2, -0.15) is 26.3 Å². The van der Waals surface area contributed by atoms with E-state index in [1.165, 1.54) is 0 Å². The molecule has 0 bridgehead atoms. The summed E-state index contributed by atoms with van der Waals surface area (Å²) in [6, 6.07) is 0. The van der Waals surface area contributed by atoms with Gasteiger partial charge in [0.25, 0.3) is 0 Å². The molecule has 0 aromatic rings. The molecule has 1 aliphatic carbocycles. The molecule has 1 N–H and O–H groups in total. The van der Waals surface area contributed by atoms with Crippen molar-refractivity contribution in [2.45, 2.75) is 63.5 Å². The molecular formula is C12H17F6NO2. The second kappa shape index (κ2) is 5.92. The molecule has 0 heterocycles. The van der Waals surface area contributed by atoms with Crippen molar-refractivity contribution >= 4 is 6.09 Å². The zero-order chi connectivity index (χ0) is 16.5. The second-order valence-electron chi connectivity index (χ2n) is 5.45. The third-order valence-corrected chi connectivity index (χ3v) is 3.78. The van der Waals surface area contributed by atoms with Crippen LogP contribution in [0.5, 0.6) is 0 Å². The van der Waals surface area contributed by atoms with Crippen LogP contribution in [0.15, 0.2) is 0 Å². The molecule has 1 aliphatic rings. The summed E-state index contributed by atoms with van der Waals surface area (Å²) in [4.78, 5) is 11.4. The van der Waals surface area contributed by atoms with Gasteiger partial charge in [-0.05, 0) is 32.1 Å². The van der Waals surface area contributed by atoms with Crippen LogP contribution < -0.4 is 5.32 Å². The topological polar surface area (TPSA) is 38.3 Å². The first kappa shape index (κ1) is 17.9. The fourth-order valence-electron chi connectivity index (χ4n) is 2.13. The lowest BCUT2D eigenvalue weighted by Gasteiger charge is -2.35. The molecule has 1 amide bonds. The number of carbonyl (C=O) groups excluding carboxylic acids is 1. The Morgan fingerprint density at radius 3 is 1.95 bits per heavy atom. The van der Waals surface area contributed by atoms with Gasteiger partial charge in [-0.1, -0.05) is 13.3 Å². The molecule has 0 saturated heterocycles. The van der Waals surface area contributed by atoms with Gasteiger partial charge in [0.1, 0.15) is 6.10 Å². The Morgan fingerprint density at radius 1 is 1.05 bits per heavy atom. The van der Waals surface area contributed by atoms with Crippen LogP contribution >= 0.6 is 0 Å². The Bertz CT molecular complexity index is 365. The molecule has 0 aromatic carbocycles. The first-order chi connectivity index (χ1) is 9.38.